The minimum absolute atomic E-state index is 0.642. The van der Waals surface area contributed by atoms with Crippen LogP contribution in [0.5, 0.6) is 0 Å². The van der Waals surface area contributed by atoms with Gasteiger partial charge in [0.15, 0.2) is 5.96 Å². The number of hydrogen-bond donors (Lipinski definition) is 2. The van der Waals surface area contributed by atoms with Gasteiger partial charge in [0.2, 0.25) is 0 Å². The van der Waals surface area contributed by atoms with E-state index in [2.05, 4.69) is 27.8 Å². The van der Waals surface area contributed by atoms with Crippen molar-refractivity contribution in [2.75, 3.05) is 40.0 Å². The van der Waals surface area contributed by atoms with Crippen molar-refractivity contribution in [3.8, 4) is 0 Å². The van der Waals surface area contributed by atoms with Gasteiger partial charge in [0, 0.05) is 26.7 Å². The number of hydrogen-bond acceptors (Lipinski definition) is 3. The summed E-state index contributed by atoms with van der Waals surface area (Å²) in [6, 6.07) is 10.2. The second kappa shape index (κ2) is 10.2. The average Bonchev–Trinajstić information content (AvgIpc) is 3.37. The molecule has 1 aliphatic carbocycles. The molecule has 2 N–H and O–H groups in total. The normalized spacial score (nSPS) is 14.9. The van der Waals surface area contributed by atoms with Gasteiger partial charge in [0.05, 0.1) is 19.8 Å². The molecular weight excluding hydrogens is 278 g/mol. The van der Waals surface area contributed by atoms with Crippen molar-refractivity contribution in [2.45, 2.75) is 19.4 Å². The lowest BCUT2D eigenvalue weighted by Crippen LogP contribution is -2.40. The van der Waals surface area contributed by atoms with E-state index in [-0.39, 0.29) is 0 Å². The maximum absolute atomic E-state index is 5.62. The Morgan fingerprint density at radius 2 is 1.77 bits per heavy atom. The zero-order valence-corrected chi connectivity index (χ0v) is 13.4. The standard InChI is InChI=1S/C17H27N3O2/c1-18-17(20-10-12-22-14-16-7-8-16)19-9-11-21-13-15-5-3-2-4-6-15/h2-6,16H,7-14H2,1H3,(H2,18,19,20). The summed E-state index contributed by atoms with van der Waals surface area (Å²) in [5, 5.41) is 6.46. The molecule has 0 saturated heterocycles. The predicted octanol–water partition coefficient (Wildman–Crippen LogP) is 1.79. The van der Waals surface area contributed by atoms with Crippen LogP contribution in [-0.4, -0.2) is 45.9 Å². The molecular formula is C17H27N3O2. The smallest absolute Gasteiger partial charge is 0.191 e. The van der Waals surface area contributed by atoms with E-state index in [0.717, 1.165) is 38.2 Å². The van der Waals surface area contributed by atoms with Gasteiger partial charge < -0.3 is 20.1 Å². The van der Waals surface area contributed by atoms with Crippen LogP contribution in [0.1, 0.15) is 18.4 Å². The molecule has 1 aromatic carbocycles. The third kappa shape index (κ3) is 7.43. The molecule has 2 rings (SSSR count). The molecule has 5 heteroatoms. The summed E-state index contributed by atoms with van der Waals surface area (Å²) < 4.78 is 11.2. The first-order valence-corrected chi connectivity index (χ1v) is 8.02. The largest absolute Gasteiger partial charge is 0.379 e. The molecule has 0 spiro atoms. The maximum Gasteiger partial charge on any atom is 0.191 e. The highest BCUT2D eigenvalue weighted by molar-refractivity contribution is 5.79. The van der Waals surface area contributed by atoms with Crippen molar-refractivity contribution in [1.82, 2.24) is 10.6 Å². The van der Waals surface area contributed by atoms with E-state index in [1.807, 2.05) is 18.2 Å². The van der Waals surface area contributed by atoms with Gasteiger partial charge in [0.25, 0.3) is 0 Å². The Balaban J connectivity index is 1.45. The summed E-state index contributed by atoms with van der Waals surface area (Å²) in [6.45, 7) is 4.42. The van der Waals surface area contributed by atoms with Crippen LogP contribution in [0, 0.1) is 5.92 Å². The first kappa shape index (κ1) is 16.8. The van der Waals surface area contributed by atoms with Crippen molar-refractivity contribution in [1.29, 1.82) is 0 Å². The van der Waals surface area contributed by atoms with Crippen molar-refractivity contribution < 1.29 is 9.47 Å². The molecule has 22 heavy (non-hydrogen) atoms. The van der Waals surface area contributed by atoms with Crippen LogP contribution in [0.4, 0.5) is 0 Å². The van der Waals surface area contributed by atoms with Crippen LogP contribution < -0.4 is 10.6 Å². The lowest BCUT2D eigenvalue weighted by molar-refractivity contribution is 0.124. The number of benzene rings is 1. The van der Waals surface area contributed by atoms with Crippen LogP contribution in [0.2, 0.25) is 0 Å². The van der Waals surface area contributed by atoms with Gasteiger partial charge in [-0.15, -0.1) is 0 Å². The number of nitrogens with zero attached hydrogens (tertiary/aromatic N) is 1. The second-order valence-electron chi connectivity index (χ2n) is 5.48. The van der Waals surface area contributed by atoms with E-state index in [1.54, 1.807) is 7.05 Å². The van der Waals surface area contributed by atoms with E-state index in [0.29, 0.717) is 13.2 Å². The topological polar surface area (TPSA) is 54.9 Å². The van der Waals surface area contributed by atoms with Crippen LogP contribution in [-0.2, 0) is 16.1 Å². The average molecular weight is 305 g/mol. The molecule has 0 unspecified atom stereocenters. The van der Waals surface area contributed by atoms with Crippen molar-refractivity contribution in [2.24, 2.45) is 10.9 Å². The number of nitrogens with one attached hydrogen (secondary N) is 2. The fraction of sp³-hybridized carbons (Fsp3) is 0.588. The van der Waals surface area contributed by atoms with Gasteiger partial charge in [-0.3, -0.25) is 4.99 Å². The first-order valence-electron chi connectivity index (χ1n) is 8.02. The third-order valence-corrected chi connectivity index (χ3v) is 3.46. The van der Waals surface area contributed by atoms with Gasteiger partial charge in [0.1, 0.15) is 0 Å². The molecule has 1 aliphatic rings. The molecule has 1 fully saturated rings. The minimum Gasteiger partial charge on any atom is -0.379 e. The lowest BCUT2D eigenvalue weighted by atomic mass is 10.2. The minimum atomic E-state index is 0.642. The summed E-state index contributed by atoms with van der Waals surface area (Å²) in [4.78, 5) is 4.17. The highest BCUT2D eigenvalue weighted by Gasteiger charge is 2.20. The number of aliphatic imine (C=N–C) groups is 1. The molecule has 0 atom stereocenters. The van der Waals surface area contributed by atoms with E-state index in [4.69, 9.17) is 9.47 Å². The lowest BCUT2D eigenvalue weighted by Gasteiger charge is -2.12. The summed E-state index contributed by atoms with van der Waals surface area (Å²) in [5.41, 5.74) is 1.19. The van der Waals surface area contributed by atoms with Gasteiger partial charge in [-0.05, 0) is 24.3 Å². The Kier molecular flexibility index (Phi) is 7.77. The Labute approximate surface area is 133 Å². The molecule has 5 nitrogen and oxygen atoms in total. The quantitative estimate of drug-likeness (QED) is 0.393. The Bertz CT molecular complexity index is 433. The monoisotopic (exact) mass is 305 g/mol. The SMILES string of the molecule is CN=C(NCCOCc1ccccc1)NCCOCC1CC1. The van der Waals surface area contributed by atoms with Gasteiger partial charge >= 0.3 is 0 Å². The van der Waals surface area contributed by atoms with Crippen molar-refractivity contribution >= 4 is 5.96 Å². The van der Waals surface area contributed by atoms with Gasteiger partial charge in [-0.1, -0.05) is 30.3 Å². The Hall–Kier alpha value is -1.59. The molecule has 0 radical (unpaired) electrons. The summed E-state index contributed by atoms with van der Waals surface area (Å²) in [6.07, 6.45) is 2.67. The van der Waals surface area contributed by atoms with Gasteiger partial charge in [-0.25, -0.2) is 0 Å². The molecule has 1 aromatic rings. The summed E-state index contributed by atoms with van der Waals surface area (Å²) >= 11 is 0. The van der Waals surface area contributed by atoms with Crippen LogP contribution in [0.25, 0.3) is 0 Å². The molecule has 1 saturated carbocycles. The van der Waals surface area contributed by atoms with Crippen LogP contribution >= 0.6 is 0 Å². The highest BCUT2D eigenvalue weighted by Crippen LogP contribution is 2.28. The molecule has 0 amide bonds. The van der Waals surface area contributed by atoms with E-state index < -0.39 is 0 Å². The van der Waals surface area contributed by atoms with Crippen LogP contribution in [0.15, 0.2) is 35.3 Å². The van der Waals surface area contributed by atoms with E-state index in [9.17, 15) is 0 Å². The predicted molar refractivity (Wildman–Crippen MR) is 89.0 cm³/mol. The molecule has 0 aromatic heterocycles. The Morgan fingerprint density at radius 1 is 1.09 bits per heavy atom. The fourth-order valence-electron chi connectivity index (χ4n) is 2.00. The fourth-order valence-corrected chi connectivity index (χ4v) is 2.00. The number of ether oxygens (including phenoxy) is 2. The third-order valence-electron chi connectivity index (χ3n) is 3.46. The molecule has 122 valence electrons. The van der Waals surface area contributed by atoms with E-state index >= 15 is 0 Å². The molecule has 0 heterocycles. The van der Waals surface area contributed by atoms with Crippen molar-refractivity contribution in [3.05, 3.63) is 35.9 Å². The van der Waals surface area contributed by atoms with E-state index in [1.165, 1.54) is 18.4 Å². The second-order valence-corrected chi connectivity index (χ2v) is 5.48. The zero-order chi connectivity index (χ0) is 15.5. The van der Waals surface area contributed by atoms with Crippen LogP contribution in [0.3, 0.4) is 0 Å². The Morgan fingerprint density at radius 3 is 2.41 bits per heavy atom. The summed E-state index contributed by atoms with van der Waals surface area (Å²) in [5.74, 6) is 1.61. The van der Waals surface area contributed by atoms with Gasteiger partial charge in [-0.2, -0.15) is 0 Å². The summed E-state index contributed by atoms with van der Waals surface area (Å²) in [7, 11) is 1.77. The van der Waals surface area contributed by atoms with Crippen molar-refractivity contribution in [3.63, 3.8) is 0 Å². The first-order chi connectivity index (χ1) is 10.9. The highest BCUT2D eigenvalue weighted by atomic mass is 16.5. The molecule has 0 aliphatic heterocycles. The zero-order valence-electron chi connectivity index (χ0n) is 13.4. The molecule has 0 bridgehead atoms. The number of guanidine groups is 1. The maximum atomic E-state index is 5.62. The number of rotatable bonds is 10.